The highest BCUT2D eigenvalue weighted by atomic mass is 16.5. The molecule has 0 bridgehead atoms. The molecule has 170 valence electrons. The molecule has 0 aromatic carbocycles. The Kier molecular flexibility index (Phi) is 6.56. The Morgan fingerprint density at radius 3 is 2.68 bits per heavy atom. The summed E-state index contributed by atoms with van der Waals surface area (Å²) < 4.78 is 10.4. The Morgan fingerprint density at radius 2 is 2.10 bits per heavy atom. The summed E-state index contributed by atoms with van der Waals surface area (Å²) in [6.07, 6.45) is 4.94. The molecule has 1 saturated heterocycles. The van der Waals surface area contributed by atoms with Crippen molar-refractivity contribution in [3.8, 4) is 0 Å². The maximum Gasteiger partial charge on any atom is 0.355 e. The van der Waals surface area contributed by atoms with Gasteiger partial charge in [0.25, 0.3) is 0 Å². The fourth-order valence-corrected chi connectivity index (χ4v) is 4.60. The quantitative estimate of drug-likeness (QED) is 0.332. The standard InChI is InChI=1S/C22H31N3O6/c1-6-14(20(28)30-8-3)12-31-21(29)18-15(22(5)9-10-23-24(22)7-2)11-16-17(13(4)26)19(27)25(16)18/h6,9-10,13,16-17,23,26H,7-8,11-12H2,1-5H3/b14-6+/t13-,16-,17-,22?/m1/s1. The van der Waals surface area contributed by atoms with Crippen LogP contribution in [0.2, 0.25) is 0 Å². The van der Waals surface area contributed by atoms with E-state index in [4.69, 9.17) is 9.47 Å². The second kappa shape index (κ2) is 8.84. The molecule has 3 heterocycles. The molecule has 3 rings (SSSR count). The van der Waals surface area contributed by atoms with Crippen LogP contribution >= 0.6 is 0 Å². The van der Waals surface area contributed by atoms with Crippen molar-refractivity contribution in [3.63, 3.8) is 0 Å². The predicted octanol–water partition coefficient (Wildman–Crippen LogP) is 1.02. The second-order valence-corrected chi connectivity index (χ2v) is 8.04. The van der Waals surface area contributed by atoms with Crippen LogP contribution in [0.1, 0.15) is 41.0 Å². The van der Waals surface area contributed by atoms with E-state index >= 15 is 0 Å². The molecule has 0 aromatic heterocycles. The van der Waals surface area contributed by atoms with Gasteiger partial charge in [-0.15, -0.1) is 0 Å². The Balaban J connectivity index is 1.91. The number of amides is 1. The first-order chi connectivity index (χ1) is 14.7. The van der Waals surface area contributed by atoms with Gasteiger partial charge in [-0.25, -0.2) is 14.6 Å². The third-order valence-electron chi connectivity index (χ3n) is 6.29. The minimum absolute atomic E-state index is 0.195. The van der Waals surface area contributed by atoms with E-state index in [1.165, 1.54) is 4.90 Å². The number of aliphatic hydroxyl groups is 1. The molecular formula is C22H31N3O6. The SMILES string of the molecule is C/C=C(\COC(=O)C1=C(C2(C)C=CNN2CC)C[C@@H]2[C@@H]([C@@H](C)O)C(=O)N12)C(=O)OCC. The second-order valence-electron chi connectivity index (χ2n) is 8.04. The largest absolute Gasteiger partial charge is 0.463 e. The Labute approximate surface area is 182 Å². The number of rotatable bonds is 8. The van der Waals surface area contributed by atoms with E-state index in [1.54, 1.807) is 26.8 Å². The number of nitrogens with one attached hydrogen (secondary N) is 1. The number of aliphatic hydroxyl groups excluding tert-OH is 1. The summed E-state index contributed by atoms with van der Waals surface area (Å²) in [5.41, 5.74) is 3.70. The number of likely N-dealkylation sites (N-methyl/N-ethyl adjacent to an activating group) is 1. The fourth-order valence-electron chi connectivity index (χ4n) is 4.60. The van der Waals surface area contributed by atoms with Gasteiger partial charge < -0.3 is 24.9 Å². The first-order valence-electron chi connectivity index (χ1n) is 10.7. The van der Waals surface area contributed by atoms with Crippen LogP contribution in [0.15, 0.2) is 35.2 Å². The molecule has 0 saturated carbocycles. The highest BCUT2D eigenvalue weighted by Crippen LogP contribution is 2.48. The van der Waals surface area contributed by atoms with Gasteiger partial charge in [0, 0.05) is 12.7 Å². The number of hydrazine groups is 1. The molecule has 31 heavy (non-hydrogen) atoms. The lowest BCUT2D eigenvalue weighted by Crippen LogP contribution is -2.61. The Morgan fingerprint density at radius 1 is 1.39 bits per heavy atom. The lowest BCUT2D eigenvalue weighted by Gasteiger charge is -2.44. The van der Waals surface area contributed by atoms with Crippen molar-refractivity contribution in [1.82, 2.24) is 15.3 Å². The summed E-state index contributed by atoms with van der Waals surface area (Å²) in [6.45, 7) is 9.54. The van der Waals surface area contributed by atoms with Crippen molar-refractivity contribution in [1.29, 1.82) is 0 Å². The molecule has 3 aliphatic heterocycles. The number of carbonyl (C=O) groups is 3. The van der Waals surface area contributed by atoms with Gasteiger partial charge in [0.1, 0.15) is 12.3 Å². The molecule has 0 radical (unpaired) electrons. The molecule has 9 nitrogen and oxygen atoms in total. The molecule has 3 aliphatic rings. The van der Waals surface area contributed by atoms with Crippen molar-refractivity contribution in [3.05, 3.63) is 35.2 Å². The van der Waals surface area contributed by atoms with E-state index < -0.39 is 29.5 Å². The predicted molar refractivity (Wildman–Crippen MR) is 112 cm³/mol. The zero-order valence-corrected chi connectivity index (χ0v) is 18.7. The summed E-state index contributed by atoms with van der Waals surface area (Å²) >= 11 is 0. The third kappa shape index (κ3) is 3.76. The zero-order valence-electron chi connectivity index (χ0n) is 18.7. The average Bonchev–Trinajstić information content (AvgIpc) is 3.26. The number of allylic oxidation sites excluding steroid dienone is 1. The van der Waals surface area contributed by atoms with Gasteiger partial charge in [0.2, 0.25) is 5.91 Å². The monoisotopic (exact) mass is 433 g/mol. The van der Waals surface area contributed by atoms with Gasteiger partial charge in [-0.3, -0.25) is 4.79 Å². The molecule has 2 N–H and O–H groups in total. The van der Waals surface area contributed by atoms with E-state index in [9.17, 15) is 19.5 Å². The molecule has 1 fully saturated rings. The van der Waals surface area contributed by atoms with Crippen molar-refractivity contribution in [2.45, 2.75) is 58.7 Å². The number of nitrogens with zero attached hydrogens (tertiary/aromatic N) is 2. The van der Waals surface area contributed by atoms with Crippen LogP contribution in [0, 0.1) is 5.92 Å². The topological polar surface area (TPSA) is 108 Å². The van der Waals surface area contributed by atoms with Gasteiger partial charge >= 0.3 is 11.9 Å². The van der Waals surface area contributed by atoms with Crippen LogP contribution in [0.3, 0.4) is 0 Å². The summed E-state index contributed by atoms with van der Waals surface area (Å²) in [5.74, 6) is -2.06. The van der Waals surface area contributed by atoms with Crippen LogP contribution in [0.5, 0.6) is 0 Å². The molecule has 9 heteroatoms. The van der Waals surface area contributed by atoms with Crippen LogP contribution in [0.25, 0.3) is 0 Å². The van der Waals surface area contributed by atoms with E-state index in [2.05, 4.69) is 5.43 Å². The van der Waals surface area contributed by atoms with E-state index in [1.807, 2.05) is 31.1 Å². The number of fused-ring (bicyclic) bond motifs is 1. The first-order valence-corrected chi connectivity index (χ1v) is 10.7. The highest BCUT2D eigenvalue weighted by molar-refractivity contribution is 6.01. The van der Waals surface area contributed by atoms with Crippen molar-refractivity contribution in [2.24, 2.45) is 5.92 Å². The van der Waals surface area contributed by atoms with Crippen LogP contribution in [-0.2, 0) is 23.9 Å². The summed E-state index contributed by atoms with van der Waals surface area (Å²) in [4.78, 5) is 39.4. The van der Waals surface area contributed by atoms with Crippen LogP contribution < -0.4 is 5.43 Å². The summed E-state index contributed by atoms with van der Waals surface area (Å²) in [7, 11) is 0. The maximum atomic E-state index is 13.2. The number of hydrogen-bond donors (Lipinski definition) is 2. The Hall–Kier alpha value is -2.65. The first kappa shape index (κ1) is 23.0. The van der Waals surface area contributed by atoms with Gasteiger partial charge in [-0.1, -0.05) is 13.0 Å². The molecule has 0 aliphatic carbocycles. The number of carbonyl (C=O) groups excluding carboxylic acids is 3. The number of ether oxygens (including phenoxy) is 2. The average molecular weight is 434 g/mol. The smallest absolute Gasteiger partial charge is 0.355 e. The molecule has 0 aromatic rings. The third-order valence-corrected chi connectivity index (χ3v) is 6.29. The number of hydrogen-bond acceptors (Lipinski definition) is 8. The normalized spacial score (nSPS) is 28.9. The highest BCUT2D eigenvalue weighted by Gasteiger charge is 2.59. The fraction of sp³-hybridized carbons (Fsp3) is 0.591. The van der Waals surface area contributed by atoms with Gasteiger partial charge in [0.15, 0.2) is 0 Å². The number of β-lactam (4-membered cyclic amide) rings is 1. The lowest BCUT2D eigenvalue weighted by molar-refractivity contribution is -0.162. The van der Waals surface area contributed by atoms with Crippen molar-refractivity contribution >= 4 is 17.8 Å². The molecule has 1 amide bonds. The molecule has 4 atom stereocenters. The summed E-state index contributed by atoms with van der Waals surface area (Å²) in [6, 6.07) is -0.291. The van der Waals surface area contributed by atoms with Crippen LogP contribution in [0.4, 0.5) is 0 Å². The van der Waals surface area contributed by atoms with Crippen molar-refractivity contribution < 1.29 is 29.0 Å². The lowest BCUT2D eigenvalue weighted by atomic mass is 9.80. The zero-order chi connectivity index (χ0) is 22.9. The minimum atomic E-state index is -0.809. The molecule has 0 spiro atoms. The van der Waals surface area contributed by atoms with E-state index in [0.29, 0.717) is 13.0 Å². The Bertz CT molecular complexity index is 861. The number of esters is 2. The van der Waals surface area contributed by atoms with Gasteiger partial charge in [-0.05, 0) is 45.8 Å². The van der Waals surface area contributed by atoms with Crippen LogP contribution in [-0.4, -0.2) is 70.3 Å². The van der Waals surface area contributed by atoms with E-state index in [-0.39, 0.29) is 36.4 Å². The molecule has 1 unspecified atom stereocenters. The van der Waals surface area contributed by atoms with Gasteiger partial charge in [0.05, 0.1) is 35.8 Å². The van der Waals surface area contributed by atoms with E-state index in [0.717, 1.165) is 5.57 Å². The summed E-state index contributed by atoms with van der Waals surface area (Å²) in [5, 5.41) is 12.0. The minimum Gasteiger partial charge on any atom is -0.463 e. The van der Waals surface area contributed by atoms with Crippen molar-refractivity contribution in [2.75, 3.05) is 19.8 Å². The van der Waals surface area contributed by atoms with Gasteiger partial charge in [-0.2, -0.15) is 0 Å². The molecular weight excluding hydrogens is 402 g/mol. The maximum absolute atomic E-state index is 13.2.